The highest BCUT2D eigenvalue weighted by atomic mass is 16.2. The summed E-state index contributed by atoms with van der Waals surface area (Å²) in [7, 11) is 1.99. The Morgan fingerprint density at radius 1 is 1.24 bits per heavy atom. The molecule has 0 aliphatic carbocycles. The average Bonchev–Trinajstić information content (AvgIpc) is 3.14. The lowest BCUT2D eigenvalue weighted by molar-refractivity contribution is 0.0673. The third-order valence-corrected chi connectivity index (χ3v) is 5.06. The lowest BCUT2D eigenvalue weighted by Crippen LogP contribution is -2.41. The molecule has 0 spiro atoms. The summed E-state index contributed by atoms with van der Waals surface area (Å²) in [5, 5.41) is 5.54. The highest BCUT2D eigenvalue weighted by molar-refractivity contribution is 6.07. The second-order valence-corrected chi connectivity index (χ2v) is 6.87. The molecule has 3 aromatic rings. The van der Waals surface area contributed by atoms with Crippen molar-refractivity contribution in [2.45, 2.75) is 32.7 Å². The number of piperidine rings is 1. The number of likely N-dealkylation sites (tertiary alicyclic amines) is 1. The van der Waals surface area contributed by atoms with Crippen molar-refractivity contribution in [2.24, 2.45) is 7.05 Å². The van der Waals surface area contributed by atoms with E-state index in [0.29, 0.717) is 6.54 Å². The van der Waals surface area contributed by atoms with E-state index < -0.39 is 0 Å². The molecule has 4 rings (SSSR count). The van der Waals surface area contributed by atoms with Gasteiger partial charge in [0.05, 0.1) is 11.6 Å². The molecular formula is C19H23N5O. The van der Waals surface area contributed by atoms with Gasteiger partial charge in [-0.25, -0.2) is 9.67 Å². The molecule has 25 heavy (non-hydrogen) atoms. The minimum absolute atomic E-state index is 0.107. The van der Waals surface area contributed by atoms with Crippen LogP contribution in [0.3, 0.4) is 0 Å². The van der Waals surface area contributed by atoms with E-state index >= 15 is 0 Å². The van der Waals surface area contributed by atoms with Gasteiger partial charge in [-0.05, 0) is 32.8 Å². The van der Waals surface area contributed by atoms with Gasteiger partial charge in [0, 0.05) is 37.2 Å². The van der Waals surface area contributed by atoms with Crippen molar-refractivity contribution in [3.8, 4) is 0 Å². The number of rotatable bonds is 2. The molecule has 0 N–H and O–H groups in total. The standard InChI is InChI=1S/C19H23N5O/c1-13-20-14(2)24(21-13)15-7-6-10-23(11-15)19(25)17-12-22(3)18-9-5-4-8-16(17)18/h4-5,8-9,12,15H,6-7,10-11H2,1-3H3. The van der Waals surface area contributed by atoms with Crippen LogP contribution in [0.4, 0.5) is 0 Å². The van der Waals surface area contributed by atoms with Crippen molar-refractivity contribution in [3.05, 3.63) is 47.7 Å². The Hall–Kier alpha value is -2.63. The zero-order valence-electron chi connectivity index (χ0n) is 14.9. The summed E-state index contributed by atoms with van der Waals surface area (Å²) in [6, 6.07) is 8.26. The Balaban J connectivity index is 1.62. The number of para-hydroxylation sites is 1. The summed E-state index contributed by atoms with van der Waals surface area (Å²) in [4.78, 5) is 19.5. The molecule has 1 atom stereocenters. The Labute approximate surface area is 147 Å². The zero-order chi connectivity index (χ0) is 17.6. The van der Waals surface area contributed by atoms with Crippen molar-refractivity contribution in [3.63, 3.8) is 0 Å². The van der Waals surface area contributed by atoms with E-state index in [1.165, 1.54) is 0 Å². The van der Waals surface area contributed by atoms with Gasteiger partial charge in [-0.2, -0.15) is 5.10 Å². The van der Waals surface area contributed by atoms with E-state index in [2.05, 4.69) is 10.1 Å². The van der Waals surface area contributed by atoms with E-state index in [0.717, 1.165) is 47.5 Å². The fourth-order valence-electron chi connectivity index (χ4n) is 3.90. The fraction of sp³-hybridized carbons (Fsp3) is 0.421. The number of hydrogen-bond donors (Lipinski definition) is 0. The Kier molecular flexibility index (Phi) is 3.82. The van der Waals surface area contributed by atoms with Crippen molar-refractivity contribution >= 4 is 16.8 Å². The number of benzene rings is 1. The van der Waals surface area contributed by atoms with Gasteiger partial charge in [0.2, 0.25) is 0 Å². The molecule has 130 valence electrons. The van der Waals surface area contributed by atoms with Crippen molar-refractivity contribution < 1.29 is 4.79 Å². The Morgan fingerprint density at radius 2 is 2.04 bits per heavy atom. The first-order chi connectivity index (χ1) is 12.0. The number of aromatic nitrogens is 4. The van der Waals surface area contributed by atoms with Gasteiger partial charge in [-0.15, -0.1) is 0 Å². The number of carbonyl (C=O) groups excluding carboxylic acids is 1. The summed E-state index contributed by atoms with van der Waals surface area (Å²) in [5.74, 6) is 1.81. The predicted octanol–water partition coefficient (Wildman–Crippen LogP) is 2.86. The van der Waals surface area contributed by atoms with Gasteiger partial charge >= 0.3 is 0 Å². The van der Waals surface area contributed by atoms with Gasteiger partial charge in [-0.3, -0.25) is 4.79 Å². The van der Waals surface area contributed by atoms with E-state index in [9.17, 15) is 4.79 Å². The molecule has 1 aliphatic rings. The molecular weight excluding hydrogens is 314 g/mol. The van der Waals surface area contributed by atoms with Crippen LogP contribution in [-0.4, -0.2) is 43.2 Å². The predicted molar refractivity (Wildman–Crippen MR) is 96.6 cm³/mol. The summed E-state index contributed by atoms with van der Waals surface area (Å²) in [6.45, 7) is 5.37. The van der Waals surface area contributed by atoms with Crippen LogP contribution in [0.25, 0.3) is 10.9 Å². The molecule has 1 fully saturated rings. The molecule has 1 aromatic carbocycles. The topological polar surface area (TPSA) is 56.0 Å². The second kappa shape index (κ2) is 6.02. The molecule has 1 unspecified atom stereocenters. The molecule has 1 amide bonds. The molecule has 3 heterocycles. The number of amides is 1. The maximum atomic E-state index is 13.2. The van der Waals surface area contributed by atoms with Crippen molar-refractivity contribution in [1.82, 2.24) is 24.2 Å². The van der Waals surface area contributed by atoms with Gasteiger partial charge < -0.3 is 9.47 Å². The Bertz CT molecular complexity index is 939. The maximum Gasteiger partial charge on any atom is 0.256 e. The zero-order valence-corrected chi connectivity index (χ0v) is 14.9. The van der Waals surface area contributed by atoms with E-state index in [-0.39, 0.29) is 11.9 Å². The number of hydrogen-bond acceptors (Lipinski definition) is 3. The monoisotopic (exact) mass is 337 g/mol. The van der Waals surface area contributed by atoms with E-state index in [1.54, 1.807) is 0 Å². The van der Waals surface area contributed by atoms with Crippen LogP contribution in [-0.2, 0) is 7.05 Å². The maximum absolute atomic E-state index is 13.2. The normalized spacial score (nSPS) is 18.0. The number of carbonyl (C=O) groups is 1. The van der Waals surface area contributed by atoms with Crippen LogP contribution in [0.2, 0.25) is 0 Å². The second-order valence-electron chi connectivity index (χ2n) is 6.87. The number of nitrogens with zero attached hydrogens (tertiary/aromatic N) is 5. The van der Waals surface area contributed by atoms with Gasteiger partial charge in [-0.1, -0.05) is 18.2 Å². The molecule has 6 nitrogen and oxygen atoms in total. The number of aryl methyl sites for hydroxylation is 3. The first kappa shape index (κ1) is 15.9. The van der Waals surface area contributed by atoms with Crippen LogP contribution >= 0.6 is 0 Å². The van der Waals surface area contributed by atoms with Crippen LogP contribution in [0.5, 0.6) is 0 Å². The molecule has 0 bridgehead atoms. The molecule has 2 aromatic heterocycles. The SMILES string of the molecule is Cc1nc(C)n(C2CCCN(C(=O)c3cn(C)c4ccccc34)C2)n1. The highest BCUT2D eigenvalue weighted by Gasteiger charge is 2.28. The van der Waals surface area contributed by atoms with Crippen molar-refractivity contribution in [2.75, 3.05) is 13.1 Å². The van der Waals surface area contributed by atoms with Crippen LogP contribution in [0.1, 0.15) is 40.9 Å². The van der Waals surface area contributed by atoms with Crippen molar-refractivity contribution in [1.29, 1.82) is 0 Å². The average molecular weight is 337 g/mol. The van der Waals surface area contributed by atoms with Gasteiger partial charge in [0.1, 0.15) is 11.6 Å². The number of fused-ring (bicyclic) bond motifs is 1. The first-order valence-electron chi connectivity index (χ1n) is 8.77. The summed E-state index contributed by atoms with van der Waals surface area (Å²) in [6.07, 6.45) is 3.96. The third-order valence-electron chi connectivity index (χ3n) is 5.06. The van der Waals surface area contributed by atoms with E-state index in [4.69, 9.17) is 0 Å². The first-order valence-corrected chi connectivity index (χ1v) is 8.77. The van der Waals surface area contributed by atoms with Gasteiger partial charge in [0.25, 0.3) is 5.91 Å². The Morgan fingerprint density at radius 3 is 2.80 bits per heavy atom. The molecule has 6 heteroatoms. The molecule has 0 saturated carbocycles. The lowest BCUT2D eigenvalue weighted by Gasteiger charge is -2.33. The van der Waals surface area contributed by atoms with Crippen LogP contribution < -0.4 is 0 Å². The quantitative estimate of drug-likeness (QED) is 0.722. The summed E-state index contributed by atoms with van der Waals surface area (Å²) < 4.78 is 4.01. The minimum atomic E-state index is 0.107. The van der Waals surface area contributed by atoms with Gasteiger partial charge in [0.15, 0.2) is 0 Å². The smallest absolute Gasteiger partial charge is 0.256 e. The highest BCUT2D eigenvalue weighted by Crippen LogP contribution is 2.26. The molecule has 0 radical (unpaired) electrons. The van der Waals surface area contributed by atoms with Crippen LogP contribution in [0, 0.1) is 13.8 Å². The molecule has 1 saturated heterocycles. The van der Waals surface area contributed by atoms with E-state index in [1.807, 2.05) is 65.5 Å². The summed E-state index contributed by atoms with van der Waals surface area (Å²) >= 11 is 0. The summed E-state index contributed by atoms with van der Waals surface area (Å²) in [5.41, 5.74) is 1.87. The molecule has 1 aliphatic heterocycles. The minimum Gasteiger partial charge on any atom is -0.350 e. The third kappa shape index (κ3) is 2.71. The lowest BCUT2D eigenvalue weighted by atomic mass is 10.0. The largest absolute Gasteiger partial charge is 0.350 e. The van der Waals surface area contributed by atoms with Crippen LogP contribution in [0.15, 0.2) is 30.5 Å². The fourth-order valence-corrected chi connectivity index (χ4v) is 3.90.